The Kier molecular flexibility index (Phi) is 8.75. The van der Waals surface area contributed by atoms with Gasteiger partial charge in [-0.05, 0) is 23.0 Å². The van der Waals surface area contributed by atoms with E-state index in [-0.39, 0.29) is 11.5 Å². The molecule has 1 saturated heterocycles. The summed E-state index contributed by atoms with van der Waals surface area (Å²) < 4.78 is 12.5. The summed E-state index contributed by atoms with van der Waals surface area (Å²) in [5.41, 5.74) is 2.14. The molecule has 1 aliphatic heterocycles. The summed E-state index contributed by atoms with van der Waals surface area (Å²) in [6.07, 6.45) is 9.29. The number of epoxide rings is 1. The van der Waals surface area contributed by atoms with Crippen molar-refractivity contribution in [1.82, 2.24) is 0 Å². The van der Waals surface area contributed by atoms with E-state index in [1.807, 2.05) is 0 Å². The second-order valence-corrected chi connectivity index (χ2v) is 10.2. The van der Waals surface area contributed by atoms with Crippen LogP contribution < -0.4 is 0 Å². The van der Waals surface area contributed by atoms with Crippen LogP contribution in [0, 0.1) is 11.3 Å². The molecule has 0 radical (unpaired) electrons. The molecular formula is C29H42O2. The summed E-state index contributed by atoms with van der Waals surface area (Å²) in [6.45, 7) is 10.9. The smallest absolute Gasteiger partial charge is 0.121 e. The van der Waals surface area contributed by atoms with Gasteiger partial charge >= 0.3 is 0 Å². The zero-order chi connectivity index (χ0) is 22.2. The molecule has 2 nitrogen and oxygen atoms in total. The molecule has 2 heteroatoms. The molecule has 31 heavy (non-hydrogen) atoms. The van der Waals surface area contributed by atoms with E-state index in [1.165, 1.54) is 49.7 Å². The quantitative estimate of drug-likeness (QED) is 0.243. The molecule has 0 amide bonds. The lowest BCUT2D eigenvalue weighted by Gasteiger charge is -2.48. The summed E-state index contributed by atoms with van der Waals surface area (Å²) in [5.74, 6) is 0.356. The van der Waals surface area contributed by atoms with Crippen LogP contribution in [0.5, 0.6) is 0 Å². The maximum absolute atomic E-state index is 6.99. The van der Waals surface area contributed by atoms with Gasteiger partial charge in [0.05, 0.1) is 13.2 Å². The number of hydrogen-bond acceptors (Lipinski definition) is 2. The van der Waals surface area contributed by atoms with Crippen molar-refractivity contribution in [1.29, 1.82) is 0 Å². The van der Waals surface area contributed by atoms with E-state index in [0.717, 1.165) is 13.0 Å². The molecule has 3 rings (SSSR count). The second kappa shape index (κ2) is 11.3. The van der Waals surface area contributed by atoms with Gasteiger partial charge in [-0.1, -0.05) is 127 Å². The van der Waals surface area contributed by atoms with Crippen molar-refractivity contribution in [2.45, 2.75) is 84.3 Å². The minimum absolute atomic E-state index is 0.0967. The Morgan fingerprint density at radius 3 is 1.84 bits per heavy atom. The van der Waals surface area contributed by atoms with Gasteiger partial charge in [-0.15, -0.1) is 0 Å². The van der Waals surface area contributed by atoms with Crippen LogP contribution in [0.15, 0.2) is 60.7 Å². The number of hydrogen-bond donors (Lipinski definition) is 0. The van der Waals surface area contributed by atoms with Crippen molar-refractivity contribution in [2.75, 3.05) is 13.2 Å². The summed E-state index contributed by atoms with van der Waals surface area (Å²) in [5, 5.41) is 0. The van der Waals surface area contributed by atoms with Gasteiger partial charge in [0.1, 0.15) is 11.7 Å². The molecule has 1 fully saturated rings. The molecule has 1 heterocycles. The molecule has 0 spiro atoms. The summed E-state index contributed by atoms with van der Waals surface area (Å²) in [6, 6.07) is 21.8. The lowest BCUT2D eigenvalue weighted by Crippen LogP contribution is -2.46. The van der Waals surface area contributed by atoms with Gasteiger partial charge < -0.3 is 9.47 Å². The van der Waals surface area contributed by atoms with Crippen LogP contribution >= 0.6 is 0 Å². The van der Waals surface area contributed by atoms with Crippen LogP contribution in [0.2, 0.25) is 0 Å². The van der Waals surface area contributed by atoms with Crippen molar-refractivity contribution in [3.63, 3.8) is 0 Å². The zero-order valence-electron chi connectivity index (χ0n) is 20.1. The number of unbranched alkanes of at least 4 members (excludes halogenated alkanes) is 5. The van der Waals surface area contributed by atoms with E-state index in [4.69, 9.17) is 9.47 Å². The van der Waals surface area contributed by atoms with E-state index in [0.29, 0.717) is 12.5 Å². The number of ether oxygens (including phenoxy) is 2. The van der Waals surface area contributed by atoms with Crippen LogP contribution in [-0.2, 0) is 15.1 Å². The van der Waals surface area contributed by atoms with E-state index in [9.17, 15) is 0 Å². The van der Waals surface area contributed by atoms with E-state index in [1.54, 1.807) is 0 Å². The van der Waals surface area contributed by atoms with Crippen molar-refractivity contribution >= 4 is 0 Å². The topological polar surface area (TPSA) is 21.8 Å². The lowest BCUT2D eigenvalue weighted by molar-refractivity contribution is -0.102. The Hall–Kier alpha value is -1.64. The first-order chi connectivity index (χ1) is 15.0. The van der Waals surface area contributed by atoms with Gasteiger partial charge in [-0.25, -0.2) is 0 Å². The van der Waals surface area contributed by atoms with Crippen molar-refractivity contribution in [3.8, 4) is 0 Å². The van der Waals surface area contributed by atoms with Crippen LogP contribution in [0.3, 0.4) is 0 Å². The highest BCUT2D eigenvalue weighted by atomic mass is 16.6. The Labute approximate surface area is 190 Å². The summed E-state index contributed by atoms with van der Waals surface area (Å²) in [4.78, 5) is 0. The lowest BCUT2D eigenvalue weighted by atomic mass is 9.63. The normalized spacial score (nSPS) is 17.5. The molecule has 1 unspecified atom stereocenters. The van der Waals surface area contributed by atoms with Crippen LogP contribution in [0.25, 0.3) is 0 Å². The average Bonchev–Trinajstić information content (AvgIpc) is 3.60. The number of benzene rings is 2. The molecule has 0 saturated carbocycles. The summed E-state index contributed by atoms with van der Waals surface area (Å²) in [7, 11) is 0. The maximum Gasteiger partial charge on any atom is 0.121 e. The Bertz CT molecular complexity index is 704. The fourth-order valence-electron chi connectivity index (χ4n) is 4.97. The van der Waals surface area contributed by atoms with E-state index in [2.05, 4.69) is 88.4 Å². The fourth-order valence-corrected chi connectivity index (χ4v) is 4.97. The minimum atomic E-state index is -0.476. The Balaban J connectivity index is 1.97. The number of rotatable bonds is 13. The molecule has 170 valence electrons. The van der Waals surface area contributed by atoms with Gasteiger partial charge in [-0.3, -0.25) is 0 Å². The Morgan fingerprint density at radius 2 is 1.35 bits per heavy atom. The molecule has 0 bridgehead atoms. The maximum atomic E-state index is 6.99. The van der Waals surface area contributed by atoms with Crippen LogP contribution in [0.1, 0.15) is 83.8 Å². The molecule has 0 aromatic heterocycles. The predicted octanol–water partition coefficient (Wildman–Crippen LogP) is 7.76. The highest BCUT2D eigenvalue weighted by molar-refractivity contribution is 5.38. The largest absolute Gasteiger partial charge is 0.371 e. The third-order valence-electron chi connectivity index (χ3n) is 6.69. The molecule has 2 aromatic rings. The first-order valence-corrected chi connectivity index (χ1v) is 12.3. The highest BCUT2D eigenvalue weighted by Gasteiger charge is 2.48. The summed E-state index contributed by atoms with van der Waals surface area (Å²) >= 11 is 0. The fraction of sp³-hybridized carbons (Fsp3) is 0.586. The molecule has 2 atom stereocenters. The third-order valence-corrected chi connectivity index (χ3v) is 6.69. The minimum Gasteiger partial charge on any atom is -0.371 e. The van der Waals surface area contributed by atoms with Crippen LogP contribution in [-0.4, -0.2) is 19.3 Å². The highest BCUT2D eigenvalue weighted by Crippen LogP contribution is 2.50. The van der Waals surface area contributed by atoms with Crippen LogP contribution in [0.4, 0.5) is 0 Å². The first-order valence-electron chi connectivity index (χ1n) is 12.3. The monoisotopic (exact) mass is 422 g/mol. The van der Waals surface area contributed by atoms with E-state index >= 15 is 0 Å². The molecular weight excluding hydrogens is 380 g/mol. The molecule has 1 aliphatic rings. The molecule has 0 aliphatic carbocycles. The zero-order valence-corrected chi connectivity index (χ0v) is 20.1. The third kappa shape index (κ3) is 6.43. The molecule has 0 N–H and O–H groups in total. The van der Waals surface area contributed by atoms with Gasteiger partial charge in [-0.2, -0.15) is 0 Å². The van der Waals surface area contributed by atoms with Crippen molar-refractivity contribution < 1.29 is 9.47 Å². The molecule has 2 aromatic carbocycles. The van der Waals surface area contributed by atoms with Crippen molar-refractivity contribution in [3.05, 3.63) is 71.8 Å². The van der Waals surface area contributed by atoms with E-state index < -0.39 is 5.60 Å². The van der Waals surface area contributed by atoms with Gasteiger partial charge in [0.25, 0.3) is 0 Å². The van der Waals surface area contributed by atoms with Gasteiger partial charge in [0.15, 0.2) is 0 Å². The first kappa shape index (κ1) is 24.0. The van der Waals surface area contributed by atoms with Gasteiger partial charge in [0, 0.05) is 5.92 Å². The van der Waals surface area contributed by atoms with Gasteiger partial charge in [0.2, 0.25) is 0 Å². The Morgan fingerprint density at radius 1 is 0.839 bits per heavy atom. The predicted molar refractivity (Wildman–Crippen MR) is 130 cm³/mol. The SMILES string of the molecule is CCCCCCCCC(C(C)(C)C)C(OC[C@@H]1CO1)(c1ccccc1)c1ccccc1. The van der Waals surface area contributed by atoms with Crippen molar-refractivity contribution in [2.24, 2.45) is 11.3 Å². The second-order valence-electron chi connectivity index (χ2n) is 10.2. The standard InChI is InChI=1S/C29H42O2/c1-5-6-7-8-9-16-21-27(28(2,3)4)29(31-23-26-22-30-26,24-17-12-10-13-18-24)25-19-14-11-15-20-25/h10-15,17-20,26-27H,5-9,16,21-23H2,1-4H3/t26-,27?/m0/s1. The average molecular weight is 423 g/mol.